The van der Waals surface area contributed by atoms with E-state index in [1.54, 1.807) is 23.5 Å². The maximum atomic E-state index is 12.4. The van der Waals surface area contributed by atoms with Crippen LogP contribution in [-0.2, 0) is 11.3 Å². The highest BCUT2D eigenvalue weighted by atomic mass is 79.9. The molecule has 0 aliphatic carbocycles. The van der Waals surface area contributed by atoms with Crippen LogP contribution in [0.3, 0.4) is 0 Å². The van der Waals surface area contributed by atoms with E-state index < -0.39 is 5.97 Å². The standard InChI is InChI=1S/C32H26BrN3O3S/c33-26-15-17-27(18-16-26)36(21-22-11-13-25(14-12-22)31(39)34-20-19-28(37)38)32-35-29(23-7-3-1-4-8-23)30(40-32)24-9-5-2-6-10-24/h1-18H,19-21H2,(H,34,39)(H,37,38). The molecular weight excluding hydrogens is 586 g/mol. The summed E-state index contributed by atoms with van der Waals surface area (Å²) >= 11 is 5.18. The fraction of sp³-hybridized carbons (Fsp3) is 0.0938. The van der Waals surface area contributed by atoms with Gasteiger partial charge in [0, 0.05) is 27.8 Å². The minimum atomic E-state index is -0.947. The first-order chi connectivity index (χ1) is 19.5. The van der Waals surface area contributed by atoms with Crippen LogP contribution in [0.25, 0.3) is 21.7 Å². The summed E-state index contributed by atoms with van der Waals surface area (Å²) in [7, 11) is 0. The van der Waals surface area contributed by atoms with Crippen LogP contribution in [0.4, 0.5) is 10.8 Å². The Labute approximate surface area is 245 Å². The Morgan fingerprint density at radius 3 is 2.08 bits per heavy atom. The number of carbonyl (C=O) groups is 2. The summed E-state index contributed by atoms with van der Waals surface area (Å²) < 4.78 is 0.989. The average molecular weight is 613 g/mol. The lowest BCUT2D eigenvalue weighted by molar-refractivity contribution is -0.136. The lowest BCUT2D eigenvalue weighted by Gasteiger charge is -2.22. The van der Waals surface area contributed by atoms with Gasteiger partial charge in [-0.2, -0.15) is 0 Å². The van der Waals surface area contributed by atoms with Crippen molar-refractivity contribution in [2.75, 3.05) is 11.4 Å². The molecule has 0 bridgehead atoms. The summed E-state index contributed by atoms with van der Waals surface area (Å²) in [5, 5.41) is 12.3. The van der Waals surface area contributed by atoms with Crippen LogP contribution in [0.15, 0.2) is 114 Å². The summed E-state index contributed by atoms with van der Waals surface area (Å²) in [5.74, 6) is -1.24. The minimum absolute atomic E-state index is 0.0881. The predicted octanol–water partition coefficient (Wildman–Crippen LogP) is 7.78. The Balaban J connectivity index is 1.49. The van der Waals surface area contributed by atoms with Crippen LogP contribution < -0.4 is 10.2 Å². The van der Waals surface area contributed by atoms with Crippen molar-refractivity contribution in [3.63, 3.8) is 0 Å². The first kappa shape index (κ1) is 27.3. The number of nitrogens with one attached hydrogen (secondary N) is 1. The van der Waals surface area contributed by atoms with Gasteiger partial charge in [-0.05, 0) is 47.5 Å². The van der Waals surface area contributed by atoms with Gasteiger partial charge in [0.25, 0.3) is 5.91 Å². The maximum Gasteiger partial charge on any atom is 0.305 e. The monoisotopic (exact) mass is 611 g/mol. The molecule has 0 saturated carbocycles. The number of halogens is 1. The zero-order chi connectivity index (χ0) is 27.9. The molecular formula is C32H26BrN3O3S. The van der Waals surface area contributed by atoms with Crippen molar-refractivity contribution in [2.24, 2.45) is 0 Å². The largest absolute Gasteiger partial charge is 0.481 e. The van der Waals surface area contributed by atoms with E-state index in [9.17, 15) is 9.59 Å². The number of aliphatic carboxylic acids is 1. The molecule has 6 nitrogen and oxygen atoms in total. The summed E-state index contributed by atoms with van der Waals surface area (Å²) in [4.78, 5) is 31.6. The molecule has 0 spiro atoms. The number of benzene rings is 4. The van der Waals surface area contributed by atoms with Gasteiger partial charge in [-0.25, -0.2) is 4.98 Å². The molecule has 0 unspecified atom stereocenters. The molecule has 0 fully saturated rings. The number of anilines is 2. The van der Waals surface area contributed by atoms with E-state index >= 15 is 0 Å². The fourth-order valence-electron chi connectivity index (χ4n) is 4.22. The Morgan fingerprint density at radius 1 is 0.825 bits per heavy atom. The minimum Gasteiger partial charge on any atom is -0.481 e. The normalized spacial score (nSPS) is 10.7. The van der Waals surface area contributed by atoms with Crippen LogP contribution >= 0.6 is 27.3 Å². The first-order valence-corrected chi connectivity index (χ1v) is 14.3. The Morgan fingerprint density at radius 2 is 1.45 bits per heavy atom. The Hall–Kier alpha value is -4.27. The molecule has 1 aromatic heterocycles. The van der Waals surface area contributed by atoms with Gasteiger partial charge in [-0.3, -0.25) is 9.59 Å². The molecule has 40 heavy (non-hydrogen) atoms. The average Bonchev–Trinajstić information content (AvgIpc) is 3.43. The molecule has 0 aliphatic heterocycles. The van der Waals surface area contributed by atoms with Gasteiger partial charge >= 0.3 is 5.97 Å². The number of carboxylic acids is 1. The second-order valence-corrected chi connectivity index (χ2v) is 11.0. The fourth-order valence-corrected chi connectivity index (χ4v) is 5.60. The number of amides is 1. The highest BCUT2D eigenvalue weighted by Crippen LogP contribution is 2.42. The van der Waals surface area contributed by atoms with Crippen molar-refractivity contribution in [3.8, 4) is 21.7 Å². The summed E-state index contributed by atoms with van der Waals surface area (Å²) in [6.45, 7) is 0.628. The third-order valence-corrected chi connectivity index (χ3v) is 7.91. The molecule has 0 saturated heterocycles. The maximum absolute atomic E-state index is 12.4. The number of hydrogen-bond donors (Lipinski definition) is 2. The van der Waals surface area contributed by atoms with Crippen molar-refractivity contribution in [1.29, 1.82) is 0 Å². The van der Waals surface area contributed by atoms with E-state index in [-0.39, 0.29) is 18.9 Å². The Bertz CT molecular complexity index is 1530. The molecule has 8 heteroatoms. The number of aromatic nitrogens is 1. The molecule has 0 radical (unpaired) electrons. The number of carbonyl (C=O) groups excluding carboxylic acids is 1. The highest BCUT2D eigenvalue weighted by molar-refractivity contribution is 9.10. The molecule has 0 atom stereocenters. The number of rotatable bonds is 10. The van der Waals surface area contributed by atoms with E-state index in [0.717, 1.165) is 42.6 Å². The number of hydrogen-bond acceptors (Lipinski definition) is 5. The van der Waals surface area contributed by atoms with Crippen LogP contribution in [0.2, 0.25) is 0 Å². The lowest BCUT2D eigenvalue weighted by Crippen LogP contribution is -2.26. The number of carboxylic acid groups (broad SMARTS) is 1. The van der Waals surface area contributed by atoms with E-state index in [2.05, 4.69) is 62.5 Å². The van der Waals surface area contributed by atoms with E-state index in [1.165, 1.54) is 0 Å². The van der Waals surface area contributed by atoms with E-state index in [1.807, 2.05) is 60.7 Å². The molecule has 5 aromatic rings. The van der Waals surface area contributed by atoms with Crippen molar-refractivity contribution in [3.05, 3.63) is 125 Å². The number of nitrogens with zero attached hydrogens (tertiary/aromatic N) is 2. The first-order valence-electron chi connectivity index (χ1n) is 12.7. The highest BCUT2D eigenvalue weighted by Gasteiger charge is 2.21. The molecule has 0 aliphatic rings. The van der Waals surface area contributed by atoms with Gasteiger partial charge in [0.1, 0.15) is 0 Å². The van der Waals surface area contributed by atoms with Crippen LogP contribution in [0, 0.1) is 0 Å². The topological polar surface area (TPSA) is 82.5 Å². The van der Waals surface area contributed by atoms with Gasteiger partial charge < -0.3 is 15.3 Å². The SMILES string of the molecule is O=C(O)CCNC(=O)c1ccc(CN(c2ccc(Br)cc2)c2nc(-c3ccccc3)c(-c3ccccc3)s2)cc1. The summed E-state index contributed by atoms with van der Waals surface area (Å²) in [6.07, 6.45) is -0.115. The zero-order valence-corrected chi connectivity index (χ0v) is 23.9. The van der Waals surface area contributed by atoms with Crippen molar-refractivity contribution in [1.82, 2.24) is 10.3 Å². The third-order valence-electron chi connectivity index (χ3n) is 6.25. The predicted molar refractivity (Wildman–Crippen MR) is 164 cm³/mol. The van der Waals surface area contributed by atoms with Crippen molar-refractivity contribution < 1.29 is 14.7 Å². The van der Waals surface area contributed by atoms with Gasteiger partial charge in [-0.1, -0.05) is 100 Å². The zero-order valence-electron chi connectivity index (χ0n) is 21.5. The third kappa shape index (κ3) is 6.65. The van der Waals surface area contributed by atoms with Gasteiger partial charge in [0.05, 0.1) is 23.5 Å². The smallest absolute Gasteiger partial charge is 0.305 e. The van der Waals surface area contributed by atoms with Crippen LogP contribution in [-0.4, -0.2) is 28.5 Å². The summed E-state index contributed by atoms with van der Waals surface area (Å²) in [6, 6.07) is 36.0. The van der Waals surface area contributed by atoms with E-state index in [0.29, 0.717) is 12.1 Å². The van der Waals surface area contributed by atoms with E-state index in [4.69, 9.17) is 10.1 Å². The Kier molecular flexibility index (Phi) is 8.68. The van der Waals surface area contributed by atoms with Crippen LogP contribution in [0.5, 0.6) is 0 Å². The molecule has 200 valence electrons. The van der Waals surface area contributed by atoms with Crippen molar-refractivity contribution in [2.45, 2.75) is 13.0 Å². The molecule has 1 heterocycles. The van der Waals surface area contributed by atoms with Crippen LogP contribution in [0.1, 0.15) is 22.3 Å². The lowest BCUT2D eigenvalue weighted by atomic mass is 10.1. The molecule has 1 amide bonds. The van der Waals surface area contributed by atoms with Gasteiger partial charge in [-0.15, -0.1) is 0 Å². The quantitative estimate of drug-likeness (QED) is 0.168. The van der Waals surface area contributed by atoms with Gasteiger partial charge in [0.15, 0.2) is 5.13 Å². The second-order valence-electron chi connectivity index (χ2n) is 9.07. The molecule has 2 N–H and O–H groups in total. The van der Waals surface area contributed by atoms with Gasteiger partial charge in [0.2, 0.25) is 0 Å². The summed E-state index contributed by atoms with van der Waals surface area (Å²) in [5.41, 5.74) is 5.57. The molecule has 5 rings (SSSR count). The second kappa shape index (κ2) is 12.7. The van der Waals surface area contributed by atoms with Crippen molar-refractivity contribution >= 4 is 50.0 Å². The molecule has 4 aromatic carbocycles. The number of thiazole rings is 1.